The van der Waals surface area contributed by atoms with Crippen LogP contribution in [-0.4, -0.2) is 37.0 Å². The van der Waals surface area contributed by atoms with Crippen LogP contribution in [0, 0.1) is 0 Å². The number of anilines is 1. The Kier molecular flexibility index (Phi) is 7.60. The Morgan fingerprint density at radius 1 is 0.828 bits per heavy atom. The van der Waals surface area contributed by atoms with Gasteiger partial charge in [0.15, 0.2) is 0 Å². The Balaban J connectivity index is 1.76. The first-order valence-electron chi connectivity index (χ1n) is 8.43. The normalized spacial score (nSPS) is 10.9. The summed E-state index contributed by atoms with van der Waals surface area (Å²) in [5.41, 5.74) is 0.808. The van der Waals surface area contributed by atoms with E-state index >= 15 is 0 Å². The van der Waals surface area contributed by atoms with Crippen molar-refractivity contribution in [3.63, 3.8) is 0 Å². The second-order valence-corrected chi connectivity index (χ2v) is 6.37. The summed E-state index contributed by atoms with van der Waals surface area (Å²) < 4.78 is 36.3. The molecular weight excluding hydrogens is 411 g/mol. The number of rotatable bonds is 7. The Labute approximate surface area is 169 Å². The Bertz CT molecular complexity index is 869. The van der Waals surface area contributed by atoms with Crippen molar-refractivity contribution in [1.82, 2.24) is 10.6 Å². The molecule has 0 radical (unpaired) electrons. The summed E-state index contributed by atoms with van der Waals surface area (Å²) in [6.45, 7) is -1.32. The molecular formula is C19H17ClF3N3O3. The van der Waals surface area contributed by atoms with Crippen molar-refractivity contribution in [3.05, 3.63) is 64.7 Å². The number of hydrogen-bond donors (Lipinski definition) is 3. The van der Waals surface area contributed by atoms with Gasteiger partial charge in [-0.2, -0.15) is 13.2 Å². The molecule has 6 nitrogen and oxygen atoms in total. The van der Waals surface area contributed by atoms with Gasteiger partial charge in [0.1, 0.15) is 6.54 Å². The van der Waals surface area contributed by atoms with E-state index < -0.39 is 18.6 Å². The quantitative estimate of drug-likeness (QED) is 0.633. The number of halogens is 4. The van der Waals surface area contributed by atoms with Crippen LogP contribution < -0.4 is 16.0 Å². The third kappa shape index (κ3) is 7.82. The van der Waals surface area contributed by atoms with Crippen LogP contribution in [0.1, 0.15) is 27.1 Å². The predicted octanol–water partition coefficient (Wildman–Crippen LogP) is 3.39. The van der Waals surface area contributed by atoms with E-state index in [0.29, 0.717) is 16.3 Å². The zero-order valence-corrected chi connectivity index (χ0v) is 15.7. The highest BCUT2D eigenvalue weighted by Gasteiger charge is 2.27. The van der Waals surface area contributed by atoms with Crippen LogP contribution in [0.15, 0.2) is 48.5 Å². The number of nitrogens with one attached hydrogen (secondary N) is 3. The number of hydrogen-bond acceptors (Lipinski definition) is 3. The Morgan fingerprint density at radius 2 is 1.34 bits per heavy atom. The van der Waals surface area contributed by atoms with Crippen LogP contribution in [0.25, 0.3) is 0 Å². The molecule has 0 saturated heterocycles. The molecule has 0 bridgehead atoms. The predicted molar refractivity (Wildman–Crippen MR) is 102 cm³/mol. The summed E-state index contributed by atoms with van der Waals surface area (Å²) in [5.74, 6) is -1.59. The number of carbonyl (C=O) groups excluding carboxylic acids is 3. The lowest BCUT2D eigenvalue weighted by molar-refractivity contribution is -0.123. The van der Waals surface area contributed by atoms with Crippen LogP contribution in [0.2, 0.25) is 5.02 Å². The van der Waals surface area contributed by atoms with Crippen molar-refractivity contribution in [2.75, 3.05) is 18.4 Å². The molecule has 2 aromatic carbocycles. The summed E-state index contributed by atoms with van der Waals surface area (Å²) >= 11 is 5.75. The molecule has 3 amide bonds. The SMILES string of the molecule is O=C(CCNC(=O)c1ccc(Cl)cc1)Nc1ccc(C(=O)NCC(F)(F)F)cc1. The summed E-state index contributed by atoms with van der Waals surface area (Å²) in [4.78, 5) is 35.5. The monoisotopic (exact) mass is 427 g/mol. The van der Waals surface area contributed by atoms with E-state index in [4.69, 9.17) is 11.6 Å². The second kappa shape index (κ2) is 9.92. The van der Waals surface area contributed by atoms with Gasteiger partial charge >= 0.3 is 6.18 Å². The van der Waals surface area contributed by atoms with Crippen molar-refractivity contribution in [3.8, 4) is 0 Å². The molecule has 0 unspecified atom stereocenters. The molecule has 0 aliphatic carbocycles. The summed E-state index contributed by atoms with van der Waals surface area (Å²) in [7, 11) is 0. The number of carbonyl (C=O) groups is 3. The van der Waals surface area contributed by atoms with Gasteiger partial charge in [-0.05, 0) is 48.5 Å². The summed E-state index contributed by atoms with van der Waals surface area (Å²) in [6.07, 6.45) is -4.49. The minimum atomic E-state index is -4.49. The van der Waals surface area contributed by atoms with Crippen molar-refractivity contribution in [2.45, 2.75) is 12.6 Å². The van der Waals surface area contributed by atoms with Crippen LogP contribution in [-0.2, 0) is 4.79 Å². The topological polar surface area (TPSA) is 87.3 Å². The van der Waals surface area contributed by atoms with Gasteiger partial charge in [-0.25, -0.2) is 0 Å². The van der Waals surface area contributed by atoms with Gasteiger partial charge in [-0.3, -0.25) is 14.4 Å². The largest absolute Gasteiger partial charge is 0.405 e. The van der Waals surface area contributed by atoms with E-state index in [9.17, 15) is 27.6 Å². The molecule has 154 valence electrons. The van der Waals surface area contributed by atoms with Gasteiger partial charge in [0.2, 0.25) is 5.91 Å². The van der Waals surface area contributed by atoms with Crippen LogP contribution in [0.3, 0.4) is 0 Å². The zero-order chi connectivity index (χ0) is 21.4. The molecule has 0 saturated carbocycles. The highest BCUT2D eigenvalue weighted by atomic mass is 35.5. The fourth-order valence-corrected chi connectivity index (χ4v) is 2.33. The van der Waals surface area contributed by atoms with Crippen molar-refractivity contribution >= 4 is 35.0 Å². The minimum Gasteiger partial charge on any atom is -0.352 e. The zero-order valence-electron chi connectivity index (χ0n) is 15.0. The van der Waals surface area contributed by atoms with Gasteiger partial charge in [0.25, 0.3) is 11.8 Å². The molecule has 29 heavy (non-hydrogen) atoms. The van der Waals surface area contributed by atoms with E-state index in [1.807, 2.05) is 0 Å². The van der Waals surface area contributed by atoms with E-state index in [1.54, 1.807) is 29.6 Å². The standard InChI is InChI=1S/C19H17ClF3N3O3/c20-14-5-1-12(2-6-14)17(28)24-10-9-16(27)26-15-7-3-13(4-8-15)18(29)25-11-19(21,22)23/h1-8H,9-11H2,(H,24,28)(H,25,29)(H,26,27). The Hall–Kier alpha value is -3.07. The third-order valence-electron chi connectivity index (χ3n) is 3.62. The van der Waals surface area contributed by atoms with Crippen LogP contribution >= 0.6 is 11.6 Å². The maximum absolute atomic E-state index is 12.1. The lowest BCUT2D eigenvalue weighted by Crippen LogP contribution is -2.33. The lowest BCUT2D eigenvalue weighted by Gasteiger charge is -2.09. The van der Waals surface area contributed by atoms with Crippen LogP contribution in [0.4, 0.5) is 18.9 Å². The molecule has 2 rings (SSSR count). The molecule has 0 aromatic heterocycles. The average Bonchev–Trinajstić information content (AvgIpc) is 2.66. The number of alkyl halides is 3. The average molecular weight is 428 g/mol. The minimum absolute atomic E-state index is 0.00709. The fraction of sp³-hybridized carbons (Fsp3) is 0.211. The van der Waals surface area contributed by atoms with Gasteiger partial charge < -0.3 is 16.0 Å². The molecule has 2 aromatic rings. The summed E-state index contributed by atoms with van der Waals surface area (Å²) in [6, 6.07) is 11.7. The van der Waals surface area contributed by atoms with Crippen LogP contribution in [0.5, 0.6) is 0 Å². The maximum atomic E-state index is 12.1. The molecule has 0 aliphatic rings. The molecule has 0 aliphatic heterocycles. The first kappa shape index (κ1) is 22.2. The first-order valence-corrected chi connectivity index (χ1v) is 8.80. The van der Waals surface area contributed by atoms with Crippen molar-refractivity contribution < 1.29 is 27.6 Å². The fourth-order valence-electron chi connectivity index (χ4n) is 2.20. The highest BCUT2D eigenvalue weighted by molar-refractivity contribution is 6.30. The third-order valence-corrected chi connectivity index (χ3v) is 3.88. The summed E-state index contributed by atoms with van der Waals surface area (Å²) in [5, 5.41) is 7.42. The molecule has 10 heteroatoms. The first-order chi connectivity index (χ1) is 13.6. The molecule has 0 spiro atoms. The molecule has 3 N–H and O–H groups in total. The van der Waals surface area contributed by atoms with E-state index in [1.165, 1.54) is 24.3 Å². The number of benzene rings is 2. The van der Waals surface area contributed by atoms with Gasteiger partial charge in [-0.15, -0.1) is 0 Å². The van der Waals surface area contributed by atoms with E-state index in [2.05, 4.69) is 10.6 Å². The number of amides is 3. The van der Waals surface area contributed by atoms with E-state index in [-0.39, 0.29) is 30.3 Å². The lowest BCUT2D eigenvalue weighted by atomic mass is 10.2. The van der Waals surface area contributed by atoms with Crippen molar-refractivity contribution in [1.29, 1.82) is 0 Å². The Morgan fingerprint density at radius 3 is 1.90 bits per heavy atom. The molecule has 0 atom stereocenters. The second-order valence-electron chi connectivity index (χ2n) is 5.94. The smallest absolute Gasteiger partial charge is 0.352 e. The van der Waals surface area contributed by atoms with E-state index in [0.717, 1.165) is 0 Å². The molecule has 0 fully saturated rings. The van der Waals surface area contributed by atoms with Gasteiger partial charge in [-0.1, -0.05) is 11.6 Å². The molecule has 0 heterocycles. The maximum Gasteiger partial charge on any atom is 0.405 e. The van der Waals surface area contributed by atoms with Gasteiger partial charge in [0.05, 0.1) is 0 Å². The van der Waals surface area contributed by atoms with Crippen molar-refractivity contribution in [2.24, 2.45) is 0 Å². The van der Waals surface area contributed by atoms with Gasteiger partial charge in [0, 0.05) is 34.8 Å². The highest BCUT2D eigenvalue weighted by Crippen LogP contribution is 2.14.